The van der Waals surface area contributed by atoms with Crippen LogP contribution in [0.25, 0.3) is 11.0 Å². The van der Waals surface area contributed by atoms with Crippen molar-refractivity contribution in [1.82, 2.24) is 14.5 Å². The molecular formula is C16H13Cl2N3O3. The van der Waals surface area contributed by atoms with E-state index in [0.717, 1.165) is 11.0 Å². The van der Waals surface area contributed by atoms with Crippen LogP contribution in [-0.4, -0.2) is 27.1 Å². The maximum absolute atomic E-state index is 12.0. The van der Waals surface area contributed by atoms with Gasteiger partial charge in [-0.1, -0.05) is 35.3 Å². The molecule has 3 aromatic rings. The first-order valence-corrected chi connectivity index (χ1v) is 7.98. The lowest BCUT2D eigenvalue weighted by Gasteiger charge is -2.06. The van der Waals surface area contributed by atoms with Crippen LogP contribution in [0, 0.1) is 0 Å². The molecule has 0 saturated carbocycles. The van der Waals surface area contributed by atoms with E-state index in [1.807, 2.05) is 24.3 Å². The molecule has 2 aromatic heterocycles. The third-order valence-electron chi connectivity index (χ3n) is 3.45. The highest BCUT2D eigenvalue weighted by Gasteiger charge is 2.14. The van der Waals surface area contributed by atoms with Crippen LogP contribution in [0.2, 0.25) is 10.2 Å². The molecule has 0 aliphatic heterocycles. The summed E-state index contributed by atoms with van der Waals surface area (Å²) in [5.41, 5.74) is 1.37. The van der Waals surface area contributed by atoms with E-state index >= 15 is 0 Å². The lowest BCUT2D eigenvalue weighted by Crippen LogP contribution is -2.18. The Balaban J connectivity index is 1.61. The van der Waals surface area contributed by atoms with Gasteiger partial charge in [-0.25, -0.2) is 14.6 Å². The number of para-hydroxylation sites is 2. The monoisotopic (exact) mass is 365 g/mol. The highest BCUT2D eigenvalue weighted by molar-refractivity contribution is 6.34. The van der Waals surface area contributed by atoms with Crippen LogP contribution < -0.4 is 5.69 Å². The van der Waals surface area contributed by atoms with Crippen molar-refractivity contribution in [3.05, 3.63) is 62.8 Å². The normalized spacial score (nSPS) is 10.9. The Bertz CT molecular complexity index is 949. The predicted octanol–water partition coefficient (Wildman–Crippen LogP) is 3.28. The van der Waals surface area contributed by atoms with Gasteiger partial charge in [0.15, 0.2) is 5.69 Å². The first-order valence-electron chi connectivity index (χ1n) is 7.23. The minimum absolute atomic E-state index is 0.0200. The average Bonchev–Trinajstić information content (AvgIpc) is 2.89. The molecule has 0 amide bonds. The lowest BCUT2D eigenvalue weighted by atomic mass is 10.3. The number of rotatable bonds is 5. The first-order chi connectivity index (χ1) is 11.6. The van der Waals surface area contributed by atoms with Gasteiger partial charge in [-0.15, -0.1) is 0 Å². The topological polar surface area (TPSA) is 77.0 Å². The summed E-state index contributed by atoms with van der Waals surface area (Å²) in [5, 5.41) is 0.342. The van der Waals surface area contributed by atoms with Crippen LogP contribution in [0.5, 0.6) is 0 Å². The van der Waals surface area contributed by atoms with Gasteiger partial charge in [-0.2, -0.15) is 0 Å². The molecule has 0 spiro atoms. The van der Waals surface area contributed by atoms with E-state index < -0.39 is 5.97 Å². The molecule has 0 aliphatic rings. The number of benzene rings is 1. The molecule has 124 valence electrons. The molecule has 24 heavy (non-hydrogen) atoms. The fourth-order valence-corrected chi connectivity index (χ4v) is 2.68. The van der Waals surface area contributed by atoms with Crippen molar-refractivity contribution >= 4 is 40.2 Å². The van der Waals surface area contributed by atoms with E-state index in [0.29, 0.717) is 13.0 Å². The van der Waals surface area contributed by atoms with Crippen molar-refractivity contribution in [3.63, 3.8) is 0 Å². The van der Waals surface area contributed by atoms with Gasteiger partial charge >= 0.3 is 11.7 Å². The quantitative estimate of drug-likeness (QED) is 0.427. The van der Waals surface area contributed by atoms with Gasteiger partial charge in [0.05, 0.1) is 22.7 Å². The molecule has 0 unspecified atom stereocenters. The number of ether oxygens (including phenoxy) is 1. The zero-order valence-electron chi connectivity index (χ0n) is 12.5. The lowest BCUT2D eigenvalue weighted by molar-refractivity contribution is 0.0489. The minimum atomic E-state index is -0.645. The number of aromatic amines is 1. The second-order valence-corrected chi connectivity index (χ2v) is 5.85. The van der Waals surface area contributed by atoms with Crippen molar-refractivity contribution in [2.24, 2.45) is 0 Å². The highest BCUT2D eigenvalue weighted by Crippen LogP contribution is 2.17. The van der Waals surface area contributed by atoms with E-state index in [4.69, 9.17) is 27.9 Å². The van der Waals surface area contributed by atoms with E-state index in [1.54, 1.807) is 4.57 Å². The number of imidazole rings is 1. The average molecular weight is 366 g/mol. The standard InChI is InChI=1S/C16H13Cl2N3O3/c17-10-6-7-13(18)20-14(10)15(22)24-9-3-8-21-12-5-2-1-4-11(12)19-16(21)23/h1-2,4-7H,3,8-9H2,(H,19,23). The molecule has 0 fully saturated rings. The predicted molar refractivity (Wildman–Crippen MR) is 91.7 cm³/mol. The fraction of sp³-hybridized carbons (Fsp3) is 0.188. The minimum Gasteiger partial charge on any atom is -0.461 e. The van der Waals surface area contributed by atoms with E-state index in [1.165, 1.54) is 12.1 Å². The Labute approximate surface area is 147 Å². The highest BCUT2D eigenvalue weighted by atomic mass is 35.5. The maximum Gasteiger partial charge on any atom is 0.358 e. The molecule has 1 aromatic carbocycles. The number of pyridine rings is 1. The molecule has 1 N–H and O–H groups in total. The Kier molecular flexibility index (Phi) is 4.87. The van der Waals surface area contributed by atoms with Crippen molar-refractivity contribution in [2.45, 2.75) is 13.0 Å². The number of aromatic nitrogens is 3. The largest absolute Gasteiger partial charge is 0.461 e. The summed E-state index contributed by atoms with van der Waals surface area (Å²) < 4.78 is 6.75. The van der Waals surface area contributed by atoms with Crippen LogP contribution in [0.15, 0.2) is 41.2 Å². The Morgan fingerprint density at radius 3 is 2.83 bits per heavy atom. The maximum atomic E-state index is 12.0. The molecule has 0 radical (unpaired) electrons. The SMILES string of the molecule is O=C(OCCCn1c(=O)[nH]c2ccccc21)c1nc(Cl)ccc1Cl. The van der Waals surface area contributed by atoms with Gasteiger partial charge in [-0.3, -0.25) is 4.57 Å². The molecular weight excluding hydrogens is 353 g/mol. The number of esters is 1. The number of aryl methyl sites for hydroxylation is 1. The zero-order valence-corrected chi connectivity index (χ0v) is 14.0. The van der Waals surface area contributed by atoms with Gasteiger partial charge in [0.1, 0.15) is 5.15 Å². The van der Waals surface area contributed by atoms with Crippen LogP contribution >= 0.6 is 23.2 Å². The number of fused-ring (bicyclic) bond motifs is 1. The number of nitrogens with one attached hydrogen (secondary N) is 1. The van der Waals surface area contributed by atoms with Gasteiger partial charge in [0.2, 0.25) is 0 Å². The van der Waals surface area contributed by atoms with E-state index in [2.05, 4.69) is 9.97 Å². The Hall–Kier alpha value is -2.31. The zero-order chi connectivity index (χ0) is 17.1. The number of carbonyl (C=O) groups is 1. The molecule has 8 heteroatoms. The number of hydrogen-bond donors (Lipinski definition) is 1. The van der Waals surface area contributed by atoms with E-state index in [9.17, 15) is 9.59 Å². The summed E-state index contributed by atoms with van der Waals surface area (Å²) in [6.07, 6.45) is 0.478. The third kappa shape index (κ3) is 3.44. The summed E-state index contributed by atoms with van der Waals surface area (Å²) >= 11 is 11.6. The molecule has 3 rings (SSSR count). The summed E-state index contributed by atoms with van der Waals surface area (Å²) in [7, 11) is 0. The summed E-state index contributed by atoms with van der Waals surface area (Å²) in [6.45, 7) is 0.558. The van der Waals surface area contributed by atoms with Gasteiger partial charge in [0, 0.05) is 6.54 Å². The number of nitrogens with zero attached hydrogens (tertiary/aromatic N) is 2. The second kappa shape index (κ2) is 7.07. The van der Waals surface area contributed by atoms with Crippen LogP contribution in [0.4, 0.5) is 0 Å². The second-order valence-electron chi connectivity index (χ2n) is 5.05. The first kappa shape index (κ1) is 16.5. The molecule has 0 saturated heterocycles. The van der Waals surface area contributed by atoms with E-state index in [-0.39, 0.29) is 28.2 Å². The summed E-state index contributed by atoms with van der Waals surface area (Å²) in [5.74, 6) is -0.645. The third-order valence-corrected chi connectivity index (χ3v) is 3.96. The van der Waals surface area contributed by atoms with Gasteiger partial charge in [0.25, 0.3) is 0 Å². The number of halogens is 2. The van der Waals surface area contributed by atoms with Crippen molar-refractivity contribution in [2.75, 3.05) is 6.61 Å². The number of hydrogen-bond acceptors (Lipinski definition) is 4. The van der Waals surface area contributed by atoms with Gasteiger partial charge in [-0.05, 0) is 30.7 Å². The molecule has 0 aliphatic carbocycles. The molecule has 0 bridgehead atoms. The van der Waals surface area contributed by atoms with Gasteiger partial charge < -0.3 is 9.72 Å². The van der Waals surface area contributed by atoms with Crippen molar-refractivity contribution < 1.29 is 9.53 Å². The number of carbonyl (C=O) groups excluding carboxylic acids is 1. The van der Waals surface area contributed by atoms with Crippen LogP contribution in [-0.2, 0) is 11.3 Å². The Morgan fingerprint density at radius 1 is 1.21 bits per heavy atom. The molecule has 0 atom stereocenters. The smallest absolute Gasteiger partial charge is 0.358 e. The Morgan fingerprint density at radius 2 is 2.00 bits per heavy atom. The van der Waals surface area contributed by atoms with Crippen LogP contribution in [0.1, 0.15) is 16.9 Å². The molecule has 6 nitrogen and oxygen atoms in total. The van der Waals surface area contributed by atoms with Crippen molar-refractivity contribution in [3.8, 4) is 0 Å². The fourth-order valence-electron chi connectivity index (χ4n) is 2.35. The number of H-pyrrole nitrogens is 1. The summed E-state index contributed by atoms with van der Waals surface area (Å²) in [6, 6.07) is 10.4. The molecule has 2 heterocycles. The summed E-state index contributed by atoms with van der Waals surface area (Å²) in [4.78, 5) is 30.5. The van der Waals surface area contributed by atoms with Crippen LogP contribution in [0.3, 0.4) is 0 Å². The van der Waals surface area contributed by atoms with Crippen molar-refractivity contribution in [1.29, 1.82) is 0 Å².